The Bertz CT molecular complexity index is 750. The van der Waals surface area contributed by atoms with Gasteiger partial charge in [-0.25, -0.2) is 0 Å². The second-order valence-electron chi connectivity index (χ2n) is 5.80. The van der Waals surface area contributed by atoms with Gasteiger partial charge in [-0.2, -0.15) is 0 Å². The van der Waals surface area contributed by atoms with E-state index in [0.29, 0.717) is 11.3 Å². The van der Waals surface area contributed by atoms with Crippen molar-refractivity contribution in [3.05, 3.63) is 72.3 Å². The average Bonchev–Trinajstić information content (AvgIpc) is 2.67. The smallest absolute Gasteiger partial charge is 0.311 e. The highest BCUT2D eigenvalue weighted by Gasteiger charge is 2.14. The van der Waals surface area contributed by atoms with Gasteiger partial charge in [-0.1, -0.05) is 49.0 Å². The molecule has 1 N–H and O–H groups in total. The first-order chi connectivity index (χ1) is 12.5. The fraction of sp³-hybridized carbons (Fsp3) is 0.238. The van der Waals surface area contributed by atoms with E-state index in [9.17, 15) is 9.59 Å². The van der Waals surface area contributed by atoms with E-state index in [1.807, 2.05) is 30.3 Å². The number of benzene rings is 2. The van der Waals surface area contributed by atoms with Crippen LogP contribution in [0.5, 0.6) is 5.75 Å². The number of aliphatic hydroxyl groups is 1. The molecule has 0 aliphatic carbocycles. The van der Waals surface area contributed by atoms with Gasteiger partial charge < -0.3 is 14.6 Å². The summed E-state index contributed by atoms with van der Waals surface area (Å²) in [5, 5.41) is 9.03. The topological polar surface area (TPSA) is 72.8 Å². The van der Waals surface area contributed by atoms with E-state index in [2.05, 4.69) is 6.58 Å². The molecule has 2 aromatic carbocycles. The maximum absolute atomic E-state index is 11.9. The summed E-state index contributed by atoms with van der Waals surface area (Å²) in [6.45, 7) is 5.37. The van der Waals surface area contributed by atoms with E-state index in [0.717, 1.165) is 11.1 Å². The van der Waals surface area contributed by atoms with Crippen LogP contribution in [0.4, 0.5) is 0 Å². The molecule has 2 rings (SSSR count). The zero-order valence-corrected chi connectivity index (χ0v) is 14.7. The molecule has 0 heterocycles. The SMILES string of the molecule is C=C(CO)c1ccc(OC(=O)CCC(=O)OC(C)c2ccccc2)cc1. The van der Waals surface area contributed by atoms with E-state index in [1.54, 1.807) is 31.2 Å². The standard InChI is InChI=1S/C21H22O5/c1-15(14-22)17-8-10-19(11-9-17)26-21(24)13-12-20(23)25-16(2)18-6-4-3-5-7-18/h3-11,16,22H,1,12-14H2,2H3. The highest BCUT2D eigenvalue weighted by atomic mass is 16.5. The number of hydrogen-bond acceptors (Lipinski definition) is 5. The molecule has 0 saturated carbocycles. The Morgan fingerprint density at radius 1 is 1.00 bits per heavy atom. The Labute approximate surface area is 152 Å². The third-order valence-electron chi connectivity index (χ3n) is 3.80. The first-order valence-electron chi connectivity index (χ1n) is 8.33. The van der Waals surface area contributed by atoms with Crippen molar-refractivity contribution in [1.29, 1.82) is 0 Å². The molecule has 0 aromatic heterocycles. The Morgan fingerprint density at radius 2 is 1.62 bits per heavy atom. The third-order valence-corrected chi connectivity index (χ3v) is 3.80. The largest absolute Gasteiger partial charge is 0.458 e. The molecule has 26 heavy (non-hydrogen) atoms. The molecule has 0 fully saturated rings. The highest BCUT2D eigenvalue weighted by molar-refractivity contribution is 5.79. The van der Waals surface area contributed by atoms with Crippen molar-refractivity contribution in [3.63, 3.8) is 0 Å². The van der Waals surface area contributed by atoms with E-state index in [1.165, 1.54) is 0 Å². The summed E-state index contributed by atoms with van der Waals surface area (Å²) >= 11 is 0. The monoisotopic (exact) mass is 354 g/mol. The minimum atomic E-state index is -0.511. The lowest BCUT2D eigenvalue weighted by Crippen LogP contribution is -2.13. The van der Waals surface area contributed by atoms with Gasteiger partial charge in [-0.05, 0) is 35.8 Å². The Morgan fingerprint density at radius 3 is 2.23 bits per heavy atom. The van der Waals surface area contributed by atoms with Gasteiger partial charge in [0.25, 0.3) is 0 Å². The van der Waals surface area contributed by atoms with Crippen molar-refractivity contribution in [3.8, 4) is 5.75 Å². The van der Waals surface area contributed by atoms with Crippen molar-refractivity contribution in [2.45, 2.75) is 25.9 Å². The zero-order valence-electron chi connectivity index (χ0n) is 14.7. The van der Waals surface area contributed by atoms with Gasteiger partial charge in [0.15, 0.2) is 0 Å². The summed E-state index contributed by atoms with van der Waals surface area (Å²) in [6.07, 6.45) is -0.479. The Hall–Kier alpha value is -2.92. The van der Waals surface area contributed by atoms with Gasteiger partial charge in [0.05, 0.1) is 19.4 Å². The molecule has 2 aromatic rings. The number of carbonyl (C=O) groups excluding carboxylic acids is 2. The molecule has 1 atom stereocenters. The molecule has 0 spiro atoms. The summed E-state index contributed by atoms with van der Waals surface area (Å²) in [4.78, 5) is 23.7. The molecule has 0 amide bonds. The van der Waals surface area contributed by atoms with Crippen LogP contribution in [-0.4, -0.2) is 23.7 Å². The molecule has 5 heteroatoms. The summed E-state index contributed by atoms with van der Waals surface area (Å²) < 4.78 is 10.5. The van der Waals surface area contributed by atoms with Gasteiger partial charge in [0.1, 0.15) is 11.9 Å². The van der Waals surface area contributed by atoms with Crippen LogP contribution in [0.15, 0.2) is 61.2 Å². The van der Waals surface area contributed by atoms with Crippen LogP contribution in [0.25, 0.3) is 5.57 Å². The molecule has 0 bridgehead atoms. The summed E-state index contributed by atoms with van der Waals surface area (Å²) in [6, 6.07) is 16.0. The molecule has 0 radical (unpaired) electrons. The van der Waals surface area contributed by atoms with Gasteiger partial charge >= 0.3 is 11.9 Å². The first-order valence-corrected chi connectivity index (χ1v) is 8.33. The van der Waals surface area contributed by atoms with Crippen molar-refractivity contribution >= 4 is 17.5 Å². The Kier molecular flexibility index (Phi) is 7.12. The van der Waals surface area contributed by atoms with Crippen LogP contribution in [0.2, 0.25) is 0 Å². The van der Waals surface area contributed by atoms with Crippen LogP contribution in [0.3, 0.4) is 0 Å². The van der Waals surface area contributed by atoms with Crippen LogP contribution in [-0.2, 0) is 14.3 Å². The number of ether oxygens (including phenoxy) is 2. The van der Waals surface area contributed by atoms with Crippen LogP contribution >= 0.6 is 0 Å². The first kappa shape index (κ1) is 19.4. The van der Waals surface area contributed by atoms with Gasteiger partial charge in [0, 0.05) is 0 Å². The molecule has 5 nitrogen and oxygen atoms in total. The van der Waals surface area contributed by atoms with Crippen LogP contribution in [0.1, 0.15) is 37.0 Å². The summed E-state index contributed by atoms with van der Waals surface area (Å²) in [5.41, 5.74) is 2.25. The molecular weight excluding hydrogens is 332 g/mol. The number of esters is 2. The number of hydrogen-bond donors (Lipinski definition) is 1. The number of carbonyl (C=O) groups is 2. The number of aliphatic hydroxyl groups excluding tert-OH is 1. The van der Waals surface area contributed by atoms with Gasteiger partial charge in [-0.3, -0.25) is 9.59 Å². The lowest BCUT2D eigenvalue weighted by atomic mass is 10.1. The minimum Gasteiger partial charge on any atom is -0.458 e. The maximum Gasteiger partial charge on any atom is 0.311 e. The maximum atomic E-state index is 11.9. The van der Waals surface area contributed by atoms with Crippen LogP contribution in [0, 0.1) is 0 Å². The van der Waals surface area contributed by atoms with Crippen LogP contribution < -0.4 is 4.74 Å². The van der Waals surface area contributed by atoms with Gasteiger partial charge in [0.2, 0.25) is 0 Å². The molecule has 136 valence electrons. The average molecular weight is 354 g/mol. The fourth-order valence-electron chi connectivity index (χ4n) is 2.28. The molecule has 0 aliphatic rings. The molecule has 0 saturated heterocycles. The fourth-order valence-corrected chi connectivity index (χ4v) is 2.28. The molecule has 0 aliphatic heterocycles. The zero-order chi connectivity index (χ0) is 18.9. The quantitative estimate of drug-likeness (QED) is 0.578. The van der Waals surface area contributed by atoms with Crippen molar-refractivity contribution in [2.75, 3.05) is 6.61 Å². The van der Waals surface area contributed by atoms with Crippen molar-refractivity contribution in [2.24, 2.45) is 0 Å². The second-order valence-corrected chi connectivity index (χ2v) is 5.80. The molecular formula is C21H22O5. The van der Waals surface area contributed by atoms with E-state index in [4.69, 9.17) is 14.6 Å². The minimum absolute atomic E-state index is 0.0462. The lowest BCUT2D eigenvalue weighted by Gasteiger charge is -2.13. The lowest BCUT2D eigenvalue weighted by molar-refractivity contribution is -0.151. The summed E-state index contributed by atoms with van der Waals surface area (Å²) in [7, 11) is 0. The Balaban J connectivity index is 1.77. The van der Waals surface area contributed by atoms with E-state index < -0.39 is 11.9 Å². The normalized spacial score (nSPS) is 11.5. The van der Waals surface area contributed by atoms with E-state index >= 15 is 0 Å². The van der Waals surface area contributed by atoms with Gasteiger partial charge in [-0.15, -0.1) is 0 Å². The predicted octanol–water partition coefficient (Wildman–Crippen LogP) is 3.68. The molecule has 1 unspecified atom stereocenters. The second kappa shape index (κ2) is 9.53. The third kappa shape index (κ3) is 5.86. The van der Waals surface area contributed by atoms with Crippen molar-refractivity contribution < 1.29 is 24.2 Å². The van der Waals surface area contributed by atoms with E-state index in [-0.39, 0.29) is 25.6 Å². The summed E-state index contributed by atoms with van der Waals surface area (Å²) in [5.74, 6) is -0.591. The highest BCUT2D eigenvalue weighted by Crippen LogP contribution is 2.19. The predicted molar refractivity (Wildman–Crippen MR) is 98.4 cm³/mol. The van der Waals surface area contributed by atoms with Crippen molar-refractivity contribution in [1.82, 2.24) is 0 Å². The number of rotatable bonds is 8.